The predicted molar refractivity (Wildman–Crippen MR) is 174 cm³/mol. The Morgan fingerprint density at radius 2 is 1.40 bits per heavy atom. The zero-order valence-corrected chi connectivity index (χ0v) is 25.9. The van der Waals surface area contributed by atoms with Crippen LogP contribution < -0.4 is 15.0 Å². The Balaban J connectivity index is 1.69. The number of nitrogens with zero attached hydrogens (tertiary/aromatic N) is 2. The van der Waals surface area contributed by atoms with Crippen LogP contribution in [0.3, 0.4) is 0 Å². The second-order valence-corrected chi connectivity index (χ2v) is 11.8. The number of hydrogen-bond acceptors (Lipinski definition) is 6. The maximum atomic E-state index is 13.9. The first-order valence-electron chi connectivity index (χ1n) is 14.4. The van der Waals surface area contributed by atoms with Gasteiger partial charge in [0.15, 0.2) is 0 Å². The summed E-state index contributed by atoms with van der Waals surface area (Å²) in [7, 11) is 6.09. The second kappa shape index (κ2) is 14.0. The molecule has 0 aliphatic rings. The summed E-state index contributed by atoms with van der Waals surface area (Å²) in [6.45, 7) is 7.43. The molecule has 0 bridgehead atoms. The maximum Gasteiger partial charge on any atom is 0.340 e. The van der Waals surface area contributed by atoms with Crippen LogP contribution in [0.2, 0.25) is 0 Å². The molecule has 0 saturated carbocycles. The maximum absolute atomic E-state index is 13.9. The highest BCUT2D eigenvalue weighted by Crippen LogP contribution is 2.31. The SMILES string of the molecule is CN(C)CCN(C)c1ccc(C(=O)Nc2cc(-c3ccccc3)ccc2C(=O)OC(C)(C)C)c(OCc2ccccc2)c1. The van der Waals surface area contributed by atoms with Gasteiger partial charge in [-0.25, -0.2) is 4.79 Å². The lowest BCUT2D eigenvalue weighted by Crippen LogP contribution is -2.28. The van der Waals surface area contributed by atoms with Crippen LogP contribution in [-0.2, 0) is 11.3 Å². The molecule has 4 rings (SSSR count). The van der Waals surface area contributed by atoms with Gasteiger partial charge in [0.05, 0.1) is 16.8 Å². The van der Waals surface area contributed by atoms with Gasteiger partial charge in [-0.3, -0.25) is 4.79 Å². The number of carbonyl (C=O) groups is 2. The molecule has 7 heteroatoms. The fourth-order valence-corrected chi connectivity index (χ4v) is 4.43. The topological polar surface area (TPSA) is 71.1 Å². The average molecular weight is 580 g/mol. The summed E-state index contributed by atoms with van der Waals surface area (Å²) in [4.78, 5) is 31.3. The number of rotatable bonds is 11. The minimum atomic E-state index is -0.691. The largest absolute Gasteiger partial charge is 0.488 e. The fraction of sp³-hybridized carbons (Fsp3) is 0.278. The van der Waals surface area contributed by atoms with Crippen molar-refractivity contribution < 1.29 is 19.1 Å². The quantitative estimate of drug-likeness (QED) is 0.191. The summed E-state index contributed by atoms with van der Waals surface area (Å²) in [5.74, 6) is -0.449. The zero-order valence-electron chi connectivity index (χ0n) is 25.9. The lowest BCUT2D eigenvalue weighted by atomic mass is 10.0. The highest BCUT2D eigenvalue weighted by Gasteiger charge is 2.23. The van der Waals surface area contributed by atoms with E-state index in [4.69, 9.17) is 9.47 Å². The van der Waals surface area contributed by atoms with Gasteiger partial charge in [-0.05, 0) is 75.8 Å². The molecule has 4 aromatic carbocycles. The van der Waals surface area contributed by atoms with Gasteiger partial charge in [-0.15, -0.1) is 0 Å². The number of likely N-dealkylation sites (N-methyl/N-ethyl adjacent to an activating group) is 2. The van der Waals surface area contributed by atoms with Crippen molar-refractivity contribution in [1.29, 1.82) is 0 Å². The van der Waals surface area contributed by atoms with Crippen molar-refractivity contribution in [2.45, 2.75) is 33.0 Å². The van der Waals surface area contributed by atoms with Gasteiger partial charge in [-0.2, -0.15) is 0 Å². The summed E-state index contributed by atoms with van der Waals surface area (Å²) in [5, 5.41) is 2.99. The number of carbonyl (C=O) groups excluding carboxylic acids is 2. The van der Waals surface area contributed by atoms with Gasteiger partial charge in [0.2, 0.25) is 0 Å². The Hall–Kier alpha value is -4.62. The predicted octanol–water partition coefficient (Wildman–Crippen LogP) is 7.14. The van der Waals surface area contributed by atoms with E-state index < -0.39 is 11.6 Å². The first kappa shape index (κ1) is 31.3. The molecule has 7 nitrogen and oxygen atoms in total. The first-order chi connectivity index (χ1) is 20.5. The molecule has 0 aliphatic heterocycles. The summed E-state index contributed by atoms with van der Waals surface area (Å²) in [6.07, 6.45) is 0. The lowest BCUT2D eigenvalue weighted by Gasteiger charge is -2.23. The van der Waals surface area contributed by atoms with Crippen LogP contribution >= 0.6 is 0 Å². The monoisotopic (exact) mass is 579 g/mol. The number of esters is 1. The number of amides is 1. The Morgan fingerprint density at radius 3 is 2.05 bits per heavy atom. The van der Waals surface area contributed by atoms with Crippen molar-refractivity contribution in [3.63, 3.8) is 0 Å². The van der Waals surface area contributed by atoms with Crippen molar-refractivity contribution in [3.8, 4) is 16.9 Å². The standard InChI is InChI=1S/C36H41N3O4/c1-36(2,3)43-35(41)30-19-17-28(27-15-11-8-12-16-27)23-32(30)37-34(40)31-20-18-29(39(6)22-21-38(4)5)24-33(31)42-25-26-13-9-7-10-14-26/h7-20,23-24H,21-22,25H2,1-6H3,(H,37,40). The van der Waals surface area contributed by atoms with Crippen LogP contribution in [0.1, 0.15) is 47.1 Å². The molecule has 0 aliphatic carbocycles. The molecule has 0 atom stereocenters. The van der Waals surface area contributed by atoms with Crippen LogP contribution in [0.25, 0.3) is 11.1 Å². The third-order valence-electron chi connectivity index (χ3n) is 6.76. The molecule has 0 aromatic heterocycles. The minimum absolute atomic E-state index is 0.273. The van der Waals surface area contributed by atoms with E-state index in [1.807, 2.05) is 121 Å². The van der Waals surface area contributed by atoms with Crippen molar-refractivity contribution in [1.82, 2.24) is 4.90 Å². The summed E-state index contributed by atoms with van der Waals surface area (Å²) >= 11 is 0. The average Bonchev–Trinajstić information content (AvgIpc) is 2.98. The van der Waals surface area contributed by atoms with E-state index in [9.17, 15) is 9.59 Å². The molecule has 0 unspecified atom stereocenters. The molecule has 0 fully saturated rings. The fourth-order valence-electron chi connectivity index (χ4n) is 4.43. The van der Waals surface area contributed by atoms with Gasteiger partial charge in [0.1, 0.15) is 18.0 Å². The molecule has 0 heterocycles. The van der Waals surface area contributed by atoms with Gasteiger partial charge < -0.3 is 24.6 Å². The van der Waals surface area contributed by atoms with Crippen molar-refractivity contribution in [2.75, 3.05) is 44.4 Å². The number of hydrogen-bond donors (Lipinski definition) is 1. The normalized spacial score (nSPS) is 11.2. The van der Waals surface area contributed by atoms with Gasteiger partial charge in [-0.1, -0.05) is 66.7 Å². The van der Waals surface area contributed by atoms with E-state index in [1.54, 1.807) is 18.2 Å². The molecule has 1 N–H and O–H groups in total. The van der Waals surface area contributed by atoms with Crippen LogP contribution in [0.4, 0.5) is 11.4 Å². The minimum Gasteiger partial charge on any atom is -0.488 e. The van der Waals surface area contributed by atoms with E-state index >= 15 is 0 Å². The van der Waals surface area contributed by atoms with Crippen molar-refractivity contribution >= 4 is 23.3 Å². The molecular formula is C36H41N3O4. The molecule has 1 amide bonds. The third-order valence-corrected chi connectivity index (χ3v) is 6.76. The van der Waals surface area contributed by atoms with Crippen LogP contribution in [-0.4, -0.2) is 56.6 Å². The van der Waals surface area contributed by atoms with Crippen LogP contribution in [0.5, 0.6) is 5.75 Å². The zero-order chi connectivity index (χ0) is 31.0. The number of benzene rings is 4. The smallest absolute Gasteiger partial charge is 0.340 e. The molecule has 43 heavy (non-hydrogen) atoms. The second-order valence-electron chi connectivity index (χ2n) is 11.8. The molecule has 0 saturated heterocycles. The lowest BCUT2D eigenvalue weighted by molar-refractivity contribution is 0.00707. The first-order valence-corrected chi connectivity index (χ1v) is 14.4. The highest BCUT2D eigenvalue weighted by atomic mass is 16.6. The van der Waals surface area contributed by atoms with Gasteiger partial charge >= 0.3 is 5.97 Å². The number of nitrogens with one attached hydrogen (secondary N) is 1. The van der Waals surface area contributed by atoms with Crippen molar-refractivity contribution in [2.24, 2.45) is 0 Å². The van der Waals surface area contributed by atoms with E-state index in [1.165, 1.54) is 0 Å². The Labute approximate surface area is 255 Å². The summed E-state index contributed by atoms with van der Waals surface area (Å²) in [5.41, 5.74) is 4.05. The van der Waals surface area contributed by atoms with Gasteiger partial charge in [0.25, 0.3) is 5.91 Å². The molecule has 4 aromatic rings. The Morgan fingerprint density at radius 1 is 0.744 bits per heavy atom. The number of anilines is 2. The Kier molecular flexibility index (Phi) is 10.2. The molecule has 224 valence electrons. The van der Waals surface area contributed by atoms with Crippen LogP contribution in [0.15, 0.2) is 97.1 Å². The van der Waals surface area contributed by atoms with E-state index in [0.29, 0.717) is 23.6 Å². The van der Waals surface area contributed by atoms with E-state index in [-0.39, 0.29) is 11.5 Å². The Bertz CT molecular complexity index is 1530. The molecule has 0 radical (unpaired) electrons. The van der Waals surface area contributed by atoms with Crippen LogP contribution in [0, 0.1) is 0 Å². The van der Waals surface area contributed by atoms with Gasteiger partial charge in [0, 0.05) is 31.9 Å². The number of ether oxygens (including phenoxy) is 2. The third kappa shape index (κ3) is 8.93. The molecule has 0 spiro atoms. The van der Waals surface area contributed by atoms with Crippen molar-refractivity contribution in [3.05, 3.63) is 114 Å². The molecular weight excluding hydrogens is 538 g/mol. The van der Waals surface area contributed by atoms with E-state index in [0.717, 1.165) is 35.5 Å². The van der Waals surface area contributed by atoms with E-state index in [2.05, 4.69) is 15.1 Å². The summed E-state index contributed by atoms with van der Waals surface area (Å²) < 4.78 is 11.9. The summed E-state index contributed by atoms with van der Waals surface area (Å²) in [6, 6.07) is 30.6. The highest BCUT2D eigenvalue weighted by molar-refractivity contribution is 6.10.